The van der Waals surface area contributed by atoms with Crippen LogP contribution < -0.4 is 11.3 Å². The first-order valence-electron chi connectivity index (χ1n) is 3.62. The van der Waals surface area contributed by atoms with Gasteiger partial charge in [0.2, 0.25) is 0 Å². The van der Waals surface area contributed by atoms with E-state index in [1.165, 1.54) is 5.43 Å². The molecule has 0 rings (SSSR count). The minimum absolute atomic E-state index is 0.0456. The summed E-state index contributed by atoms with van der Waals surface area (Å²) in [6.07, 6.45) is 3.21. The standard InChI is InChI=1S/C7H12F2N2O2/c1-2-3-4-13-5-7(8,9)6(12)11-10/h2-3H,4-5,10H2,1H3,(H,11,12)/b3-2+. The van der Waals surface area contributed by atoms with Crippen molar-refractivity contribution in [3.8, 4) is 0 Å². The van der Waals surface area contributed by atoms with E-state index in [1.54, 1.807) is 19.1 Å². The second-order valence-electron chi connectivity index (χ2n) is 2.26. The van der Waals surface area contributed by atoms with E-state index < -0.39 is 18.4 Å². The molecule has 1 amide bonds. The van der Waals surface area contributed by atoms with Gasteiger partial charge in [-0.25, -0.2) is 5.84 Å². The Bertz CT molecular complexity index is 195. The largest absolute Gasteiger partial charge is 0.371 e. The maximum absolute atomic E-state index is 12.6. The highest BCUT2D eigenvalue weighted by Gasteiger charge is 2.38. The highest BCUT2D eigenvalue weighted by atomic mass is 19.3. The Morgan fingerprint density at radius 3 is 2.77 bits per heavy atom. The normalized spacial score (nSPS) is 12.0. The number of hydrogen-bond donors (Lipinski definition) is 2. The number of hydrogen-bond acceptors (Lipinski definition) is 3. The first-order chi connectivity index (χ1) is 6.04. The van der Waals surface area contributed by atoms with E-state index in [2.05, 4.69) is 10.6 Å². The van der Waals surface area contributed by atoms with Gasteiger partial charge < -0.3 is 4.74 Å². The van der Waals surface area contributed by atoms with Crippen molar-refractivity contribution >= 4 is 5.91 Å². The lowest BCUT2D eigenvalue weighted by atomic mass is 10.3. The Kier molecular flexibility index (Phi) is 5.17. The summed E-state index contributed by atoms with van der Waals surface area (Å²) in [6.45, 7) is 0.804. The Morgan fingerprint density at radius 2 is 2.31 bits per heavy atom. The zero-order valence-electron chi connectivity index (χ0n) is 7.22. The van der Waals surface area contributed by atoms with Gasteiger partial charge in [0.05, 0.1) is 6.61 Å². The highest BCUT2D eigenvalue weighted by molar-refractivity contribution is 5.82. The second-order valence-corrected chi connectivity index (χ2v) is 2.26. The van der Waals surface area contributed by atoms with Crippen LogP contribution in [0.3, 0.4) is 0 Å². The fraction of sp³-hybridized carbons (Fsp3) is 0.571. The second kappa shape index (κ2) is 5.60. The monoisotopic (exact) mass is 194 g/mol. The number of carbonyl (C=O) groups is 1. The summed E-state index contributed by atoms with van der Waals surface area (Å²) in [4.78, 5) is 10.4. The number of halogens is 2. The molecule has 0 spiro atoms. The lowest BCUT2D eigenvalue weighted by molar-refractivity contribution is -0.153. The summed E-state index contributed by atoms with van der Waals surface area (Å²) in [5.74, 6) is -0.582. The van der Waals surface area contributed by atoms with Crippen LogP contribution in [0.5, 0.6) is 0 Å². The van der Waals surface area contributed by atoms with Crippen LogP contribution in [0.15, 0.2) is 12.2 Å². The zero-order chi connectivity index (χ0) is 10.3. The minimum Gasteiger partial charge on any atom is -0.371 e. The van der Waals surface area contributed by atoms with E-state index in [0.717, 1.165) is 0 Å². The molecule has 0 aromatic rings. The van der Waals surface area contributed by atoms with E-state index in [4.69, 9.17) is 0 Å². The summed E-state index contributed by atoms with van der Waals surface area (Å²) in [5, 5.41) is 0. The number of allylic oxidation sites excluding steroid dienone is 1. The topological polar surface area (TPSA) is 64.3 Å². The molecular formula is C7H12F2N2O2. The third-order valence-electron chi connectivity index (χ3n) is 1.20. The van der Waals surface area contributed by atoms with E-state index in [0.29, 0.717) is 0 Å². The molecule has 0 heterocycles. The van der Waals surface area contributed by atoms with Crippen molar-refractivity contribution in [2.24, 2.45) is 5.84 Å². The smallest absolute Gasteiger partial charge is 0.348 e. The van der Waals surface area contributed by atoms with Gasteiger partial charge in [-0.2, -0.15) is 8.78 Å². The molecule has 13 heavy (non-hydrogen) atoms. The Labute approximate surface area is 74.7 Å². The predicted octanol–water partition coefficient (Wildman–Crippen LogP) is 0.204. The van der Waals surface area contributed by atoms with Crippen molar-refractivity contribution < 1.29 is 18.3 Å². The van der Waals surface area contributed by atoms with Crippen molar-refractivity contribution in [1.29, 1.82) is 0 Å². The van der Waals surface area contributed by atoms with Crippen LogP contribution in [0.1, 0.15) is 6.92 Å². The molecule has 0 saturated heterocycles. The highest BCUT2D eigenvalue weighted by Crippen LogP contribution is 2.13. The minimum atomic E-state index is -3.57. The molecule has 0 aliphatic heterocycles. The lowest BCUT2D eigenvalue weighted by Gasteiger charge is -2.13. The van der Waals surface area contributed by atoms with Crippen molar-refractivity contribution in [2.45, 2.75) is 12.8 Å². The average molecular weight is 194 g/mol. The molecular weight excluding hydrogens is 182 g/mol. The maximum Gasteiger partial charge on any atom is 0.348 e. The predicted molar refractivity (Wildman–Crippen MR) is 42.9 cm³/mol. The van der Waals surface area contributed by atoms with Crippen LogP contribution in [-0.4, -0.2) is 25.0 Å². The van der Waals surface area contributed by atoms with Gasteiger partial charge in [-0.3, -0.25) is 10.2 Å². The van der Waals surface area contributed by atoms with Gasteiger partial charge in [0.25, 0.3) is 0 Å². The summed E-state index contributed by atoms with van der Waals surface area (Å²) in [5.41, 5.74) is 1.36. The van der Waals surface area contributed by atoms with E-state index >= 15 is 0 Å². The van der Waals surface area contributed by atoms with Gasteiger partial charge in [0, 0.05) is 0 Å². The molecule has 0 atom stereocenters. The number of ether oxygens (including phenoxy) is 1. The third-order valence-corrected chi connectivity index (χ3v) is 1.20. The van der Waals surface area contributed by atoms with Gasteiger partial charge in [-0.1, -0.05) is 12.2 Å². The Morgan fingerprint density at radius 1 is 1.69 bits per heavy atom. The lowest BCUT2D eigenvalue weighted by Crippen LogP contribution is -2.46. The fourth-order valence-electron chi connectivity index (χ4n) is 0.523. The first kappa shape index (κ1) is 12.0. The van der Waals surface area contributed by atoms with Crippen molar-refractivity contribution in [1.82, 2.24) is 5.43 Å². The fourth-order valence-corrected chi connectivity index (χ4v) is 0.523. The number of rotatable bonds is 5. The number of nitrogens with two attached hydrogens (primary N) is 1. The summed E-state index contributed by atoms with van der Waals surface area (Å²) >= 11 is 0. The molecule has 0 aromatic heterocycles. The van der Waals surface area contributed by atoms with Gasteiger partial charge >= 0.3 is 11.8 Å². The third kappa shape index (κ3) is 4.54. The van der Waals surface area contributed by atoms with Gasteiger partial charge in [0.15, 0.2) is 0 Å². The molecule has 0 aromatic carbocycles. The zero-order valence-corrected chi connectivity index (χ0v) is 7.22. The maximum atomic E-state index is 12.6. The number of carbonyl (C=O) groups excluding carboxylic acids is 1. The van der Waals surface area contributed by atoms with Crippen LogP contribution in [0.2, 0.25) is 0 Å². The molecule has 6 heteroatoms. The van der Waals surface area contributed by atoms with Crippen molar-refractivity contribution in [3.05, 3.63) is 12.2 Å². The van der Waals surface area contributed by atoms with Crippen LogP contribution in [0, 0.1) is 0 Å². The Hall–Kier alpha value is -1.01. The van der Waals surface area contributed by atoms with Gasteiger partial charge in [-0.05, 0) is 6.92 Å². The van der Waals surface area contributed by atoms with E-state index in [1.807, 2.05) is 0 Å². The number of hydrazine groups is 1. The molecule has 0 bridgehead atoms. The quantitative estimate of drug-likeness (QED) is 0.216. The van der Waals surface area contributed by atoms with Crippen LogP contribution in [0.25, 0.3) is 0 Å². The Balaban J connectivity index is 3.81. The molecule has 0 radical (unpaired) electrons. The van der Waals surface area contributed by atoms with Gasteiger partial charge in [0.1, 0.15) is 6.61 Å². The number of alkyl halides is 2. The molecule has 0 aliphatic rings. The molecule has 3 N–H and O–H groups in total. The number of amides is 1. The van der Waals surface area contributed by atoms with E-state index in [9.17, 15) is 13.6 Å². The number of nitrogens with one attached hydrogen (secondary N) is 1. The summed E-state index contributed by atoms with van der Waals surface area (Å²) < 4.78 is 29.7. The molecule has 0 fully saturated rings. The first-order valence-corrected chi connectivity index (χ1v) is 3.62. The molecule has 0 unspecified atom stereocenters. The molecule has 4 nitrogen and oxygen atoms in total. The van der Waals surface area contributed by atoms with Gasteiger partial charge in [-0.15, -0.1) is 0 Å². The SMILES string of the molecule is C/C=C/COCC(F)(F)C(=O)NN. The van der Waals surface area contributed by atoms with Crippen LogP contribution in [-0.2, 0) is 9.53 Å². The van der Waals surface area contributed by atoms with Crippen LogP contribution >= 0.6 is 0 Å². The molecule has 0 saturated carbocycles. The van der Waals surface area contributed by atoms with Crippen molar-refractivity contribution in [3.63, 3.8) is 0 Å². The summed E-state index contributed by atoms with van der Waals surface area (Å²) in [6, 6.07) is 0. The van der Waals surface area contributed by atoms with Crippen molar-refractivity contribution in [2.75, 3.05) is 13.2 Å². The van der Waals surface area contributed by atoms with Crippen LogP contribution in [0.4, 0.5) is 8.78 Å². The summed E-state index contributed by atoms with van der Waals surface area (Å²) in [7, 11) is 0. The average Bonchev–Trinajstić information content (AvgIpc) is 2.11. The molecule has 76 valence electrons. The molecule has 0 aliphatic carbocycles. The van der Waals surface area contributed by atoms with E-state index in [-0.39, 0.29) is 6.61 Å².